The second-order valence-electron chi connectivity index (χ2n) is 6.31. The minimum atomic E-state index is -1.03. The number of amides is 2. The summed E-state index contributed by atoms with van der Waals surface area (Å²) < 4.78 is 5.61. The predicted molar refractivity (Wildman–Crippen MR) is 75.6 cm³/mol. The van der Waals surface area contributed by atoms with Crippen LogP contribution in [0.15, 0.2) is 0 Å². The lowest BCUT2D eigenvalue weighted by Crippen LogP contribution is -2.52. The van der Waals surface area contributed by atoms with Gasteiger partial charge in [-0.1, -0.05) is 33.6 Å². The first-order valence-corrected chi connectivity index (χ1v) is 7.19. The highest BCUT2D eigenvalue weighted by molar-refractivity contribution is 5.83. The van der Waals surface area contributed by atoms with Crippen molar-refractivity contribution in [3.63, 3.8) is 0 Å². The number of carbonyl (C=O) groups excluding carboxylic acids is 1. The summed E-state index contributed by atoms with van der Waals surface area (Å²) in [6.45, 7) is 6.17. The first kappa shape index (κ1) is 16.8. The van der Waals surface area contributed by atoms with Gasteiger partial charge < -0.3 is 20.5 Å². The Morgan fingerprint density at radius 2 is 1.90 bits per heavy atom. The Balaban J connectivity index is 2.22. The number of ether oxygens (including phenoxy) is 1. The highest BCUT2D eigenvalue weighted by Gasteiger charge is 2.32. The molecule has 0 aromatic rings. The molecule has 116 valence electrons. The zero-order valence-electron chi connectivity index (χ0n) is 12.6. The maximum absolute atomic E-state index is 11.7. The summed E-state index contributed by atoms with van der Waals surface area (Å²) in [6, 6.07) is -1.39. The number of hydrogen-bond donors (Lipinski definition) is 3. The number of urea groups is 1. The molecule has 0 spiro atoms. The average molecular weight is 286 g/mol. The minimum absolute atomic E-state index is 0.321. The summed E-state index contributed by atoms with van der Waals surface area (Å²) in [5.41, 5.74) is -0.538. The third-order valence-corrected chi connectivity index (χ3v) is 3.43. The van der Waals surface area contributed by atoms with Gasteiger partial charge in [-0.3, -0.25) is 0 Å². The lowest BCUT2D eigenvalue weighted by atomic mass is 9.87. The third-order valence-electron chi connectivity index (χ3n) is 3.43. The van der Waals surface area contributed by atoms with Gasteiger partial charge >= 0.3 is 12.0 Å². The first-order chi connectivity index (χ1) is 9.30. The molecule has 1 rings (SSSR count). The molecule has 0 aromatic carbocycles. The molecule has 1 saturated carbocycles. The van der Waals surface area contributed by atoms with Gasteiger partial charge in [0, 0.05) is 6.54 Å². The van der Waals surface area contributed by atoms with Gasteiger partial charge in [0.05, 0.1) is 12.7 Å². The van der Waals surface area contributed by atoms with E-state index in [-0.39, 0.29) is 0 Å². The molecule has 1 aliphatic rings. The molecule has 0 heterocycles. The molecule has 1 atom stereocenters. The van der Waals surface area contributed by atoms with E-state index >= 15 is 0 Å². The van der Waals surface area contributed by atoms with Crippen molar-refractivity contribution in [3.05, 3.63) is 0 Å². The third kappa shape index (κ3) is 5.77. The highest BCUT2D eigenvalue weighted by atomic mass is 16.5. The van der Waals surface area contributed by atoms with Crippen molar-refractivity contribution < 1.29 is 19.4 Å². The van der Waals surface area contributed by atoms with E-state index < -0.39 is 23.5 Å². The van der Waals surface area contributed by atoms with Crippen molar-refractivity contribution in [2.45, 2.75) is 58.6 Å². The van der Waals surface area contributed by atoms with Gasteiger partial charge in [0.1, 0.15) is 6.04 Å². The van der Waals surface area contributed by atoms with Crippen LogP contribution < -0.4 is 10.6 Å². The molecule has 20 heavy (non-hydrogen) atoms. The van der Waals surface area contributed by atoms with E-state index in [9.17, 15) is 9.59 Å². The summed E-state index contributed by atoms with van der Waals surface area (Å²) in [4.78, 5) is 22.8. The smallest absolute Gasteiger partial charge is 0.326 e. The van der Waals surface area contributed by atoms with Gasteiger partial charge in [-0.05, 0) is 18.3 Å². The summed E-state index contributed by atoms with van der Waals surface area (Å²) in [5, 5.41) is 14.2. The van der Waals surface area contributed by atoms with Crippen molar-refractivity contribution in [1.82, 2.24) is 10.6 Å². The summed E-state index contributed by atoms with van der Waals surface area (Å²) in [6.07, 6.45) is 4.94. The van der Waals surface area contributed by atoms with Gasteiger partial charge in [0.15, 0.2) is 0 Å². The molecule has 0 saturated heterocycles. The Labute approximate surface area is 120 Å². The zero-order valence-corrected chi connectivity index (χ0v) is 12.6. The molecule has 6 nitrogen and oxygen atoms in total. The number of carbonyl (C=O) groups is 2. The quantitative estimate of drug-likeness (QED) is 0.649. The topological polar surface area (TPSA) is 87.7 Å². The molecule has 1 aliphatic carbocycles. The van der Waals surface area contributed by atoms with Crippen molar-refractivity contribution in [3.8, 4) is 0 Å². The lowest BCUT2D eigenvalue weighted by Gasteiger charge is -2.27. The van der Waals surface area contributed by atoms with Crippen LogP contribution in [-0.4, -0.2) is 42.4 Å². The molecular formula is C14H26N2O4. The highest BCUT2D eigenvalue weighted by Crippen LogP contribution is 2.20. The van der Waals surface area contributed by atoms with Crippen molar-refractivity contribution in [2.24, 2.45) is 5.41 Å². The first-order valence-electron chi connectivity index (χ1n) is 7.19. The van der Waals surface area contributed by atoms with Crippen LogP contribution in [0.4, 0.5) is 4.79 Å². The molecule has 0 aliphatic heterocycles. The fourth-order valence-corrected chi connectivity index (χ4v) is 2.28. The maximum Gasteiger partial charge on any atom is 0.326 e. The normalized spacial score (nSPS) is 17.8. The number of hydrogen-bond acceptors (Lipinski definition) is 3. The predicted octanol–water partition coefficient (Wildman–Crippen LogP) is 1.74. The van der Waals surface area contributed by atoms with E-state index in [0.717, 1.165) is 12.8 Å². The standard InChI is InChI=1S/C14H26N2O4/c1-14(2,3)11(12(17)18)16-13(19)15-8-9-20-10-6-4-5-7-10/h10-11H,4-9H2,1-3H3,(H,17,18)(H2,15,16,19)/t11-/m0/s1. The molecule has 6 heteroatoms. The monoisotopic (exact) mass is 286 g/mol. The lowest BCUT2D eigenvalue weighted by molar-refractivity contribution is -0.141. The second kappa shape index (κ2) is 7.47. The Kier molecular flexibility index (Phi) is 6.26. The van der Waals surface area contributed by atoms with Crippen LogP contribution in [0.25, 0.3) is 0 Å². The van der Waals surface area contributed by atoms with E-state index in [1.165, 1.54) is 12.8 Å². The van der Waals surface area contributed by atoms with Crippen molar-refractivity contribution in [1.29, 1.82) is 0 Å². The SMILES string of the molecule is CC(C)(C)[C@@H](NC(=O)NCCOC1CCCC1)C(=O)O. The van der Waals surface area contributed by atoms with Crippen LogP contribution in [0.3, 0.4) is 0 Å². The van der Waals surface area contributed by atoms with Crippen LogP contribution >= 0.6 is 0 Å². The van der Waals surface area contributed by atoms with Crippen molar-refractivity contribution >= 4 is 12.0 Å². The van der Waals surface area contributed by atoms with E-state index in [2.05, 4.69) is 10.6 Å². The minimum Gasteiger partial charge on any atom is -0.480 e. The van der Waals surface area contributed by atoms with Gasteiger partial charge in [0.2, 0.25) is 0 Å². The number of rotatable bonds is 6. The van der Waals surface area contributed by atoms with Crippen LogP contribution in [0.5, 0.6) is 0 Å². The van der Waals surface area contributed by atoms with E-state index in [1.807, 2.05) is 0 Å². The molecule has 0 bridgehead atoms. The Hall–Kier alpha value is -1.30. The molecule has 3 N–H and O–H groups in total. The van der Waals surface area contributed by atoms with Gasteiger partial charge in [-0.2, -0.15) is 0 Å². The Morgan fingerprint density at radius 1 is 1.30 bits per heavy atom. The molecular weight excluding hydrogens is 260 g/mol. The summed E-state index contributed by atoms with van der Waals surface area (Å²) in [7, 11) is 0. The number of carboxylic acids is 1. The fourth-order valence-electron chi connectivity index (χ4n) is 2.28. The number of nitrogens with one attached hydrogen (secondary N) is 2. The summed E-state index contributed by atoms with van der Waals surface area (Å²) in [5.74, 6) is -1.03. The van der Waals surface area contributed by atoms with Gasteiger partial charge in [0.25, 0.3) is 0 Å². The van der Waals surface area contributed by atoms with Gasteiger partial charge in [-0.25, -0.2) is 9.59 Å². The maximum atomic E-state index is 11.7. The van der Waals surface area contributed by atoms with Crippen molar-refractivity contribution in [2.75, 3.05) is 13.2 Å². The number of carboxylic acid groups (broad SMARTS) is 1. The van der Waals surface area contributed by atoms with E-state index in [4.69, 9.17) is 9.84 Å². The fraction of sp³-hybridized carbons (Fsp3) is 0.857. The van der Waals surface area contributed by atoms with E-state index in [0.29, 0.717) is 19.3 Å². The zero-order chi connectivity index (χ0) is 15.2. The second-order valence-corrected chi connectivity index (χ2v) is 6.31. The molecule has 0 aromatic heterocycles. The largest absolute Gasteiger partial charge is 0.480 e. The van der Waals surface area contributed by atoms with Crippen LogP contribution in [0.1, 0.15) is 46.5 Å². The van der Waals surface area contributed by atoms with E-state index in [1.54, 1.807) is 20.8 Å². The molecule has 0 unspecified atom stereocenters. The average Bonchev–Trinajstić information content (AvgIpc) is 2.83. The number of aliphatic carboxylic acids is 1. The Bertz CT molecular complexity index is 333. The summed E-state index contributed by atoms with van der Waals surface area (Å²) >= 11 is 0. The molecule has 2 amide bonds. The van der Waals surface area contributed by atoms with Crippen LogP contribution in [0, 0.1) is 5.41 Å². The molecule has 1 fully saturated rings. The van der Waals surface area contributed by atoms with Crippen LogP contribution in [-0.2, 0) is 9.53 Å². The van der Waals surface area contributed by atoms with Gasteiger partial charge in [-0.15, -0.1) is 0 Å². The Morgan fingerprint density at radius 3 is 2.40 bits per heavy atom. The molecule has 0 radical (unpaired) electrons. The van der Waals surface area contributed by atoms with Crippen LogP contribution in [0.2, 0.25) is 0 Å².